The number of nitrogens with one attached hydrogen (secondary N) is 1. The Morgan fingerprint density at radius 3 is 2.39 bits per heavy atom. The Kier molecular flexibility index (Phi) is 5.63. The van der Waals surface area contributed by atoms with E-state index in [4.69, 9.17) is 4.74 Å². The molecule has 0 unspecified atom stereocenters. The van der Waals surface area contributed by atoms with E-state index in [-0.39, 0.29) is 18.4 Å². The van der Waals surface area contributed by atoms with Crippen LogP contribution in [0, 0.1) is 0 Å². The highest BCUT2D eigenvalue weighted by Gasteiger charge is 2.42. The molecule has 7 nitrogen and oxygen atoms in total. The number of carbonyl (C=O) groups is 3. The zero-order valence-corrected chi connectivity index (χ0v) is 16.0. The van der Waals surface area contributed by atoms with Gasteiger partial charge in [-0.05, 0) is 29.3 Å². The molecule has 2 atom stereocenters. The van der Waals surface area contributed by atoms with Crippen molar-refractivity contribution >= 4 is 17.8 Å². The summed E-state index contributed by atoms with van der Waals surface area (Å²) in [5, 5.41) is 2.63. The van der Waals surface area contributed by atoms with Crippen molar-refractivity contribution in [1.82, 2.24) is 10.2 Å². The zero-order valence-electron chi connectivity index (χ0n) is 16.0. The SMILES string of the molecule is COC(=O)CNC(=O)[C@@H]1c2ccccc2C(=O)N(C)[C@H]1c1ccc(OC)cc1. The number of rotatable bonds is 5. The van der Waals surface area contributed by atoms with Crippen LogP contribution >= 0.6 is 0 Å². The summed E-state index contributed by atoms with van der Waals surface area (Å²) in [4.78, 5) is 39.0. The van der Waals surface area contributed by atoms with Crippen LogP contribution in [0.4, 0.5) is 0 Å². The van der Waals surface area contributed by atoms with Crippen LogP contribution in [-0.4, -0.2) is 50.5 Å². The van der Waals surface area contributed by atoms with Gasteiger partial charge in [0.1, 0.15) is 12.3 Å². The topological polar surface area (TPSA) is 84.9 Å². The van der Waals surface area contributed by atoms with Gasteiger partial charge in [-0.3, -0.25) is 14.4 Å². The largest absolute Gasteiger partial charge is 0.497 e. The highest BCUT2D eigenvalue weighted by atomic mass is 16.5. The second-order valence-corrected chi connectivity index (χ2v) is 6.49. The summed E-state index contributed by atoms with van der Waals surface area (Å²) in [7, 11) is 4.51. The molecule has 2 aromatic carbocycles. The quantitative estimate of drug-likeness (QED) is 0.799. The molecule has 0 aromatic heterocycles. The first-order valence-corrected chi connectivity index (χ1v) is 8.82. The number of carbonyl (C=O) groups excluding carboxylic acids is 3. The Morgan fingerprint density at radius 2 is 1.75 bits per heavy atom. The van der Waals surface area contributed by atoms with Gasteiger partial charge in [-0.2, -0.15) is 0 Å². The molecule has 0 aliphatic carbocycles. The van der Waals surface area contributed by atoms with Crippen LogP contribution in [0.15, 0.2) is 48.5 Å². The van der Waals surface area contributed by atoms with E-state index < -0.39 is 17.9 Å². The van der Waals surface area contributed by atoms with Crippen LogP contribution in [-0.2, 0) is 14.3 Å². The second-order valence-electron chi connectivity index (χ2n) is 6.49. The molecule has 7 heteroatoms. The molecule has 2 amide bonds. The molecule has 0 fully saturated rings. The number of nitrogens with zero attached hydrogens (tertiary/aromatic N) is 1. The minimum atomic E-state index is -0.669. The number of hydrogen-bond donors (Lipinski definition) is 1. The third-order valence-corrected chi connectivity index (χ3v) is 4.95. The van der Waals surface area contributed by atoms with E-state index in [1.54, 1.807) is 55.5 Å². The van der Waals surface area contributed by atoms with Gasteiger partial charge in [-0.1, -0.05) is 30.3 Å². The maximum Gasteiger partial charge on any atom is 0.325 e. The monoisotopic (exact) mass is 382 g/mol. The number of benzene rings is 2. The van der Waals surface area contributed by atoms with Gasteiger partial charge >= 0.3 is 5.97 Å². The Labute approximate surface area is 163 Å². The third-order valence-electron chi connectivity index (χ3n) is 4.95. The van der Waals surface area contributed by atoms with Crippen molar-refractivity contribution in [3.63, 3.8) is 0 Å². The molecule has 0 radical (unpaired) electrons. The molecule has 0 bridgehead atoms. The van der Waals surface area contributed by atoms with Gasteiger partial charge in [-0.25, -0.2) is 0 Å². The van der Waals surface area contributed by atoms with Crippen molar-refractivity contribution in [2.75, 3.05) is 27.8 Å². The fourth-order valence-corrected chi connectivity index (χ4v) is 3.52. The van der Waals surface area contributed by atoms with Crippen molar-refractivity contribution in [3.05, 3.63) is 65.2 Å². The first kappa shape index (κ1) is 19.4. The second kappa shape index (κ2) is 8.12. The molecule has 1 N–H and O–H groups in total. The average molecular weight is 382 g/mol. The lowest BCUT2D eigenvalue weighted by Gasteiger charge is -2.39. The summed E-state index contributed by atoms with van der Waals surface area (Å²) in [6.45, 7) is -0.235. The summed E-state index contributed by atoms with van der Waals surface area (Å²) < 4.78 is 9.80. The van der Waals surface area contributed by atoms with E-state index in [9.17, 15) is 14.4 Å². The van der Waals surface area contributed by atoms with Crippen LogP contribution in [0.25, 0.3) is 0 Å². The van der Waals surface area contributed by atoms with Crippen LogP contribution < -0.4 is 10.1 Å². The van der Waals surface area contributed by atoms with E-state index >= 15 is 0 Å². The molecule has 0 saturated heterocycles. The first-order chi connectivity index (χ1) is 13.5. The number of likely N-dealkylation sites (N-methyl/N-ethyl adjacent to an activating group) is 1. The Morgan fingerprint density at radius 1 is 1.07 bits per heavy atom. The molecular weight excluding hydrogens is 360 g/mol. The van der Waals surface area contributed by atoms with E-state index in [0.717, 1.165) is 5.56 Å². The van der Waals surface area contributed by atoms with Gasteiger partial charge in [0.05, 0.1) is 26.2 Å². The summed E-state index contributed by atoms with van der Waals surface area (Å²) >= 11 is 0. The standard InChI is InChI=1S/C21H22N2O5/c1-23-19(13-8-10-14(27-2)11-9-13)18(20(25)22-12-17(24)28-3)15-6-4-5-7-16(15)21(23)26/h4-11,18-19H,12H2,1-3H3,(H,22,25)/t18-,19+/m1/s1. The van der Waals surface area contributed by atoms with Gasteiger partial charge in [0.25, 0.3) is 5.91 Å². The lowest BCUT2D eigenvalue weighted by molar-refractivity contribution is -0.141. The van der Waals surface area contributed by atoms with Gasteiger partial charge in [0.15, 0.2) is 0 Å². The van der Waals surface area contributed by atoms with Crippen molar-refractivity contribution in [2.24, 2.45) is 0 Å². The molecule has 1 aliphatic rings. The Bertz CT molecular complexity index is 894. The van der Waals surface area contributed by atoms with Crippen molar-refractivity contribution < 1.29 is 23.9 Å². The normalized spacial score (nSPS) is 18.2. The highest BCUT2D eigenvalue weighted by molar-refractivity contribution is 6.01. The van der Waals surface area contributed by atoms with Crippen molar-refractivity contribution in [3.8, 4) is 5.75 Å². The zero-order chi connectivity index (χ0) is 20.3. The molecule has 2 aromatic rings. The molecule has 28 heavy (non-hydrogen) atoms. The van der Waals surface area contributed by atoms with Crippen LogP contribution in [0.1, 0.15) is 33.4 Å². The predicted molar refractivity (Wildman–Crippen MR) is 102 cm³/mol. The van der Waals surface area contributed by atoms with Crippen LogP contribution in [0.2, 0.25) is 0 Å². The van der Waals surface area contributed by atoms with Gasteiger partial charge in [0.2, 0.25) is 5.91 Å². The average Bonchev–Trinajstić information content (AvgIpc) is 2.74. The number of esters is 1. The van der Waals surface area contributed by atoms with E-state index in [2.05, 4.69) is 10.1 Å². The van der Waals surface area contributed by atoms with Gasteiger partial charge < -0.3 is 19.7 Å². The number of hydrogen-bond acceptors (Lipinski definition) is 5. The number of ether oxygens (including phenoxy) is 2. The van der Waals surface area contributed by atoms with Crippen LogP contribution in [0.5, 0.6) is 5.75 Å². The molecule has 146 valence electrons. The van der Waals surface area contributed by atoms with E-state index in [0.29, 0.717) is 16.9 Å². The number of methoxy groups -OCH3 is 2. The Balaban J connectivity index is 2.04. The fourth-order valence-electron chi connectivity index (χ4n) is 3.52. The molecule has 0 spiro atoms. The maximum atomic E-state index is 13.1. The van der Waals surface area contributed by atoms with E-state index in [1.165, 1.54) is 7.11 Å². The highest BCUT2D eigenvalue weighted by Crippen LogP contribution is 2.42. The summed E-state index contributed by atoms with van der Waals surface area (Å²) in [6.07, 6.45) is 0. The predicted octanol–water partition coefficient (Wildman–Crippen LogP) is 1.89. The van der Waals surface area contributed by atoms with Crippen molar-refractivity contribution in [2.45, 2.75) is 12.0 Å². The minimum Gasteiger partial charge on any atom is -0.497 e. The lowest BCUT2D eigenvalue weighted by Crippen LogP contribution is -2.46. The van der Waals surface area contributed by atoms with Crippen LogP contribution in [0.3, 0.4) is 0 Å². The molecule has 1 aliphatic heterocycles. The fraction of sp³-hybridized carbons (Fsp3) is 0.286. The molecule has 0 saturated carbocycles. The smallest absolute Gasteiger partial charge is 0.325 e. The first-order valence-electron chi connectivity index (χ1n) is 8.82. The number of fused-ring (bicyclic) bond motifs is 1. The maximum absolute atomic E-state index is 13.1. The number of amides is 2. The Hall–Kier alpha value is -3.35. The minimum absolute atomic E-state index is 0.159. The molecular formula is C21H22N2O5. The third kappa shape index (κ3) is 3.55. The van der Waals surface area contributed by atoms with E-state index in [1.807, 2.05) is 12.1 Å². The van der Waals surface area contributed by atoms with Crippen molar-refractivity contribution in [1.29, 1.82) is 0 Å². The van der Waals surface area contributed by atoms with Gasteiger partial charge in [-0.15, -0.1) is 0 Å². The summed E-state index contributed by atoms with van der Waals surface area (Å²) in [5.74, 6) is -1.04. The molecule has 1 heterocycles. The summed E-state index contributed by atoms with van der Waals surface area (Å²) in [6, 6.07) is 13.8. The summed E-state index contributed by atoms with van der Waals surface area (Å²) in [5.41, 5.74) is 1.91. The van der Waals surface area contributed by atoms with Gasteiger partial charge in [0, 0.05) is 12.6 Å². The lowest BCUT2D eigenvalue weighted by atomic mass is 9.79. The molecule has 3 rings (SSSR count).